The van der Waals surface area contributed by atoms with E-state index >= 15 is 0 Å². The third-order valence-corrected chi connectivity index (χ3v) is 5.28. The Labute approximate surface area is 198 Å². The third-order valence-electron chi connectivity index (χ3n) is 5.28. The monoisotopic (exact) mass is 482 g/mol. The van der Waals surface area contributed by atoms with Gasteiger partial charge in [-0.15, -0.1) is 0 Å². The number of hydrogen-bond acceptors (Lipinski definition) is 7. The molecule has 180 valence electrons. The first-order valence-corrected chi connectivity index (χ1v) is 10.7. The zero-order valence-corrected chi connectivity index (χ0v) is 18.6. The molecule has 0 aliphatic carbocycles. The summed E-state index contributed by atoms with van der Waals surface area (Å²) in [6.45, 7) is 2.37. The van der Waals surface area contributed by atoms with Crippen LogP contribution in [0.15, 0.2) is 54.7 Å². The van der Waals surface area contributed by atoms with Crippen LogP contribution in [0.3, 0.4) is 0 Å². The molecule has 0 radical (unpaired) electrons. The smallest absolute Gasteiger partial charge is 0.227 e. The van der Waals surface area contributed by atoms with Crippen molar-refractivity contribution < 1.29 is 22.6 Å². The second-order valence-electron chi connectivity index (χ2n) is 8.48. The molecule has 1 aliphatic rings. The fraction of sp³-hybridized carbons (Fsp3) is 0.208. The summed E-state index contributed by atoms with van der Waals surface area (Å²) in [5.41, 5.74) is 7.81. The molecule has 0 unspecified atom stereocenters. The topological polar surface area (TPSA) is 111 Å². The maximum absolute atomic E-state index is 13.6. The van der Waals surface area contributed by atoms with E-state index in [0.29, 0.717) is 28.5 Å². The maximum atomic E-state index is 13.6. The molecule has 5 rings (SSSR count). The molecular weight excluding hydrogens is 461 g/mol. The van der Waals surface area contributed by atoms with Gasteiger partial charge < -0.3 is 25.5 Å². The van der Waals surface area contributed by atoms with Crippen molar-refractivity contribution in [2.24, 2.45) is 5.73 Å². The molecule has 2 aromatic heterocycles. The fourth-order valence-corrected chi connectivity index (χ4v) is 3.55. The Balaban J connectivity index is 1.51. The van der Waals surface area contributed by atoms with Crippen LogP contribution < -0.4 is 11.1 Å². The number of hydrogen-bond donors (Lipinski definition) is 3. The van der Waals surface area contributed by atoms with E-state index < -0.39 is 23.5 Å². The number of rotatable bonds is 5. The first-order chi connectivity index (χ1) is 16.8. The van der Waals surface area contributed by atoms with Crippen LogP contribution in [-0.4, -0.2) is 38.7 Å². The van der Waals surface area contributed by atoms with Gasteiger partial charge in [-0.1, -0.05) is 0 Å². The highest BCUT2D eigenvalue weighted by Gasteiger charge is 2.32. The molecule has 8 nitrogen and oxygen atoms in total. The zero-order valence-electron chi connectivity index (χ0n) is 18.6. The fourth-order valence-electron chi connectivity index (χ4n) is 3.55. The normalized spacial score (nSPS) is 20.1. The lowest BCUT2D eigenvalue weighted by Crippen LogP contribution is -2.50. The van der Waals surface area contributed by atoms with Crippen LogP contribution in [0.4, 0.5) is 24.8 Å². The zero-order chi connectivity index (χ0) is 24.6. The van der Waals surface area contributed by atoms with E-state index in [4.69, 9.17) is 15.2 Å². The Morgan fingerprint density at radius 3 is 2.46 bits per heavy atom. The summed E-state index contributed by atoms with van der Waals surface area (Å²) < 4.78 is 51.9. The molecular formula is C24H21F3N6O2. The molecule has 0 amide bonds. The minimum Gasteiger partial charge on any atom is -0.344 e. The summed E-state index contributed by atoms with van der Waals surface area (Å²) in [5.74, 6) is -1.79. The van der Waals surface area contributed by atoms with E-state index in [9.17, 15) is 13.2 Å². The number of nitrogens with zero attached hydrogens (tertiary/aromatic N) is 3. The molecule has 35 heavy (non-hydrogen) atoms. The summed E-state index contributed by atoms with van der Waals surface area (Å²) in [5, 5.41) is 2.85. The number of nitrogens with one attached hydrogen (secondary N) is 2. The van der Waals surface area contributed by atoms with Crippen LogP contribution in [0.25, 0.3) is 22.6 Å². The molecule has 1 saturated heterocycles. The number of aromatic amines is 1. The summed E-state index contributed by atoms with van der Waals surface area (Å²) in [6.07, 6.45) is 0.730. The van der Waals surface area contributed by atoms with Crippen molar-refractivity contribution in [1.29, 1.82) is 0 Å². The van der Waals surface area contributed by atoms with Crippen molar-refractivity contribution >= 4 is 11.6 Å². The molecule has 4 aromatic rings. The number of ether oxygens (including phenoxy) is 2. The van der Waals surface area contributed by atoms with E-state index in [1.807, 2.05) is 6.92 Å². The predicted octanol–water partition coefficient (Wildman–Crippen LogP) is 4.46. The van der Waals surface area contributed by atoms with Crippen LogP contribution in [0.5, 0.6) is 0 Å². The predicted molar refractivity (Wildman–Crippen MR) is 122 cm³/mol. The minimum atomic E-state index is -0.996. The molecule has 0 saturated carbocycles. The number of aromatic nitrogens is 4. The molecule has 2 aromatic carbocycles. The van der Waals surface area contributed by atoms with Crippen LogP contribution >= 0.6 is 0 Å². The lowest BCUT2D eigenvalue weighted by molar-refractivity contribution is -0.211. The van der Waals surface area contributed by atoms with Crippen molar-refractivity contribution in [2.45, 2.75) is 18.8 Å². The molecule has 3 heterocycles. The average Bonchev–Trinajstić information content (AvgIpc) is 3.27. The Bertz CT molecular complexity index is 1350. The lowest BCUT2D eigenvalue weighted by Gasteiger charge is -2.33. The van der Waals surface area contributed by atoms with Crippen LogP contribution in [0.2, 0.25) is 0 Å². The van der Waals surface area contributed by atoms with E-state index in [1.165, 1.54) is 24.4 Å². The van der Waals surface area contributed by atoms with Gasteiger partial charge in [0.25, 0.3) is 0 Å². The van der Waals surface area contributed by atoms with Crippen LogP contribution in [0.1, 0.15) is 19.0 Å². The highest BCUT2D eigenvalue weighted by molar-refractivity contribution is 5.77. The van der Waals surface area contributed by atoms with E-state index in [2.05, 4.69) is 25.3 Å². The van der Waals surface area contributed by atoms with Crippen LogP contribution in [0, 0.1) is 17.5 Å². The molecule has 0 atom stereocenters. The van der Waals surface area contributed by atoms with Gasteiger partial charge in [0.2, 0.25) is 12.2 Å². The quantitative estimate of drug-likeness (QED) is 0.385. The van der Waals surface area contributed by atoms with Crippen molar-refractivity contribution in [2.75, 3.05) is 18.5 Å². The van der Waals surface area contributed by atoms with E-state index in [1.54, 1.807) is 18.2 Å². The molecule has 1 aliphatic heterocycles. The Morgan fingerprint density at radius 1 is 1.00 bits per heavy atom. The van der Waals surface area contributed by atoms with E-state index in [0.717, 1.165) is 12.1 Å². The maximum Gasteiger partial charge on any atom is 0.227 e. The molecule has 1 fully saturated rings. The number of benzene rings is 2. The largest absolute Gasteiger partial charge is 0.344 e. The lowest BCUT2D eigenvalue weighted by atomic mass is 10.1. The number of H-pyrrole nitrogens is 1. The van der Waals surface area contributed by atoms with Crippen molar-refractivity contribution in [3.05, 3.63) is 78.0 Å². The van der Waals surface area contributed by atoms with Crippen molar-refractivity contribution in [3.8, 4) is 22.6 Å². The van der Waals surface area contributed by atoms with Crippen molar-refractivity contribution in [3.63, 3.8) is 0 Å². The highest BCUT2D eigenvalue weighted by Crippen LogP contribution is 2.33. The molecule has 4 N–H and O–H groups in total. The first kappa shape index (κ1) is 23.0. The first-order valence-electron chi connectivity index (χ1n) is 10.7. The SMILES string of the molecule is CC1(N)COC(c2nc(-c3ccc(F)cc3)c(-c3ccnc(Nc4ccc(F)c(F)c4)n3)[nH]2)OC1. The number of halogens is 3. The van der Waals surface area contributed by atoms with Gasteiger partial charge in [0.15, 0.2) is 17.5 Å². The standard InChI is InChI=1S/C24H21F3N6O2/c1-24(28)11-34-22(35-12-24)21-32-19(13-2-4-14(25)5-3-13)20(33-21)18-8-9-29-23(31-18)30-15-6-7-16(26)17(27)10-15/h2-10,22H,11-12,28H2,1H3,(H,32,33)(H,29,30,31). The van der Waals surface area contributed by atoms with Crippen LogP contribution in [-0.2, 0) is 9.47 Å². The molecule has 11 heteroatoms. The summed E-state index contributed by atoms with van der Waals surface area (Å²) >= 11 is 0. The van der Waals surface area contributed by atoms with Gasteiger partial charge in [0.1, 0.15) is 5.82 Å². The molecule has 0 bridgehead atoms. The Morgan fingerprint density at radius 2 is 1.74 bits per heavy atom. The van der Waals surface area contributed by atoms with Gasteiger partial charge in [0.05, 0.1) is 35.8 Å². The second kappa shape index (κ2) is 9.10. The van der Waals surface area contributed by atoms with Gasteiger partial charge >= 0.3 is 0 Å². The highest BCUT2D eigenvalue weighted by atomic mass is 19.2. The van der Waals surface area contributed by atoms with E-state index in [-0.39, 0.29) is 30.7 Å². The minimum absolute atomic E-state index is 0.152. The number of anilines is 2. The van der Waals surface area contributed by atoms with Gasteiger partial charge in [0, 0.05) is 23.5 Å². The Hall–Kier alpha value is -3.80. The van der Waals surface area contributed by atoms with Gasteiger partial charge in [-0.2, -0.15) is 0 Å². The molecule has 0 spiro atoms. The second-order valence-corrected chi connectivity index (χ2v) is 8.48. The summed E-state index contributed by atoms with van der Waals surface area (Å²) in [6, 6.07) is 10.9. The summed E-state index contributed by atoms with van der Waals surface area (Å²) in [4.78, 5) is 16.5. The van der Waals surface area contributed by atoms with Gasteiger partial charge in [-0.05, 0) is 49.4 Å². The van der Waals surface area contributed by atoms with Gasteiger partial charge in [-0.25, -0.2) is 28.1 Å². The summed E-state index contributed by atoms with van der Waals surface area (Å²) in [7, 11) is 0. The Kier molecular flexibility index (Phi) is 5.97. The van der Waals surface area contributed by atoms with Crippen molar-refractivity contribution in [1.82, 2.24) is 19.9 Å². The van der Waals surface area contributed by atoms with Gasteiger partial charge in [-0.3, -0.25) is 0 Å². The third kappa shape index (κ3) is 5.02. The average molecular weight is 482 g/mol. The number of nitrogens with two attached hydrogens (primary N) is 1. The number of imidazole rings is 1.